The van der Waals surface area contributed by atoms with E-state index in [4.69, 9.17) is 9.47 Å². The summed E-state index contributed by atoms with van der Waals surface area (Å²) in [5.74, 6) is 1.80. The molecule has 0 radical (unpaired) electrons. The van der Waals surface area contributed by atoms with E-state index in [0.29, 0.717) is 6.10 Å². The second-order valence-corrected chi connectivity index (χ2v) is 4.83. The lowest BCUT2D eigenvalue weighted by Gasteiger charge is -2.19. The summed E-state index contributed by atoms with van der Waals surface area (Å²) in [6.45, 7) is 0.953. The van der Waals surface area contributed by atoms with Crippen LogP contribution in [0.4, 0.5) is 0 Å². The molecule has 3 nitrogen and oxygen atoms in total. The molecule has 2 rings (SSSR count). The van der Waals surface area contributed by atoms with Crippen LogP contribution in [0.5, 0.6) is 11.5 Å². The molecule has 1 aliphatic carbocycles. The lowest BCUT2D eigenvalue weighted by Crippen LogP contribution is -2.15. The lowest BCUT2D eigenvalue weighted by atomic mass is 10.1. The van der Waals surface area contributed by atoms with Crippen LogP contribution >= 0.6 is 0 Å². The van der Waals surface area contributed by atoms with Gasteiger partial charge >= 0.3 is 0 Å². The van der Waals surface area contributed by atoms with Crippen molar-refractivity contribution in [2.45, 2.75) is 38.2 Å². The summed E-state index contributed by atoms with van der Waals surface area (Å²) >= 11 is 0. The molecule has 0 atom stereocenters. The number of hydrogen-bond acceptors (Lipinski definition) is 3. The van der Waals surface area contributed by atoms with Crippen molar-refractivity contribution in [1.29, 1.82) is 0 Å². The van der Waals surface area contributed by atoms with Crippen molar-refractivity contribution in [3.8, 4) is 11.5 Å². The largest absolute Gasteiger partial charge is 0.493 e. The van der Waals surface area contributed by atoms with E-state index in [0.717, 1.165) is 24.5 Å². The molecule has 0 heterocycles. The van der Waals surface area contributed by atoms with Gasteiger partial charge in [0.1, 0.15) is 0 Å². The van der Waals surface area contributed by atoms with Gasteiger partial charge in [0.15, 0.2) is 11.5 Å². The van der Waals surface area contributed by atoms with Gasteiger partial charge < -0.3 is 14.8 Å². The Hall–Kier alpha value is -1.22. The monoisotopic (exact) mass is 249 g/mol. The maximum absolute atomic E-state index is 6.17. The van der Waals surface area contributed by atoms with E-state index in [1.165, 1.54) is 31.2 Å². The molecule has 0 aliphatic heterocycles. The highest BCUT2D eigenvalue weighted by atomic mass is 16.5. The minimum absolute atomic E-state index is 0.370. The highest BCUT2D eigenvalue weighted by molar-refractivity contribution is 5.47. The molecular weight excluding hydrogens is 226 g/mol. The smallest absolute Gasteiger partial charge is 0.164 e. The van der Waals surface area contributed by atoms with E-state index in [1.54, 1.807) is 7.11 Å². The summed E-state index contributed by atoms with van der Waals surface area (Å²) in [5, 5.41) is 3.18. The predicted molar refractivity (Wildman–Crippen MR) is 73.5 cm³/mol. The standard InChI is InChI=1S/C15H23NO2/c1-16-11-10-12-6-5-9-14(17-2)15(12)18-13-7-3-4-8-13/h5-6,9,13,16H,3-4,7-8,10-11H2,1-2H3. The fourth-order valence-electron chi connectivity index (χ4n) is 2.49. The van der Waals surface area contributed by atoms with E-state index < -0.39 is 0 Å². The Morgan fingerprint density at radius 1 is 1.28 bits per heavy atom. The summed E-state index contributed by atoms with van der Waals surface area (Å²) in [6, 6.07) is 6.14. The van der Waals surface area contributed by atoms with E-state index in [2.05, 4.69) is 11.4 Å². The van der Waals surface area contributed by atoms with Gasteiger partial charge in [-0.2, -0.15) is 0 Å². The number of para-hydroxylation sites is 1. The molecule has 1 aliphatic rings. The van der Waals surface area contributed by atoms with Crippen LogP contribution in [0.1, 0.15) is 31.2 Å². The molecule has 1 aromatic carbocycles. The topological polar surface area (TPSA) is 30.5 Å². The summed E-state index contributed by atoms with van der Waals surface area (Å²) in [7, 11) is 3.68. The Balaban J connectivity index is 2.16. The zero-order valence-corrected chi connectivity index (χ0v) is 11.4. The molecule has 1 N–H and O–H groups in total. The first-order chi connectivity index (χ1) is 8.85. The summed E-state index contributed by atoms with van der Waals surface area (Å²) in [6.07, 6.45) is 6.25. The Morgan fingerprint density at radius 2 is 2.06 bits per heavy atom. The minimum atomic E-state index is 0.370. The van der Waals surface area contributed by atoms with Crippen LogP contribution in [-0.4, -0.2) is 26.8 Å². The van der Waals surface area contributed by atoms with E-state index in [-0.39, 0.29) is 0 Å². The summed E-state index contributed by atoms with van der Waals surface area (Å²) in [5.41, 5.74) is 1.23. The third-order valence-electron chi connectivity index (χ3n) is 3.51. The van der Waals surface area contributed by atoms with Gasteiger partial charge in [-0.1, -0.05) is 12.1 Å². The van der Waals surface area contributed by atoms with Gasteiger partial charge in [0.2, 0.25) is 0 Å². The molecule has 0 saturated heterocycles. The number of rotatable bonds is 6. The fourth-order valence-corrected chi connectivity index (χ4v) is 2.49. The number of nitrogens with one attached hydrogen (secondary N) is 1. The van der Waals surface area contributed by atoms with E-state index in [9.17, 15) is 0 Å². The van der Waals surface area contributed by atoms with Crippen LogP contribution in [0.3, 0.4) is 0 Å². The maximum Gasteiger partial charge on any atom is 0.164 e. The van der Waals surface area contributed by atoms with Crippen LogP contribution < -0.4 is 14.8 Å². The molecule has 0 spiro atoms. The lowest BCUT2D eigenvalue weighted by molar-refractivity contribution is 0.198. The molecule has 18 heavy (non-hydrogen) atoms. The summed E-state index contributed by atoms with van der Waals surface area (Å²) in [4.78, 5) is 0. The van der Waals surface area contributed by atoms with Crippen molar-refractivity contribution >= 4 is 0 Å². The highest BCUT2D eigenvalue weighted by Gasteiger charge is 2.20. The van der Waals surface area contributed by atoms with Crippen LogP contribution in [0, 0.1) is 0 Å². The van der Waals surface area contributed by atoms with Crippen LogP contribution in [0.2, 0.25) is 0 Å². The fraction of sp³-hybridized carbons (Fsp3) is 0.600. The molecule has 0 unspecified atom stereocenters. The van der Waals surface area contributed by atoms with Crippen molar-refractivity contribution < 1.29 is 9.47 Å². The third kappa shape index (κ3) is 3.16. The van der Waals surface area contributed by atoms with Crippen molar-refractivity contribution in [3.63, 3.8) is 0 Å². The highest BCUT2D eigenvalue weighted by Crippen LogP contribution is 2.34. The molecule has 0 bridgehead atoms. The first-order valence-electron chi connectivity index (χ1n) is 6.82. The molecular formula is C15H23NO2. The van der Waals surface area contributed by atoms with Crippen LogP contribution in [-0.2, 0) is 6.42 Å². The van der Waals surface area contributed by atoms with E-state index >= 15 is 0 Å². The minimum Gasteiger partial charge on any atom is -0.493 e. The van der Waals surface area contributed by atoms with Crippen molar-refractivity contribution in [3.05, 3.63) is 23.8 Å². The first kappa shape index (κ1) is 13.2. The van der Waals surface area contributed by atoms with Crippen molar-refractivity contribution in [2.24, 2.45) is 0 Å². The number of hydrogen-bond donors (Lipinski definition) is 1. The Labute approximate surface area is 109 Å². The van der Waals surface area contributed by atoms with Crippen LogP contribution in [0.25, 0.3) is 0 Å². The quantitative estimate of drug-likeness (QED) is 0.841. The number of benzene rings is 1. The number of likely N-dealkylation sites (N-methyl/N-ethyl adjacent to an activating group) is 1. The van der Waals surface area contributed by atoms with Gasteiger partial charge in [0.05, 0.1) is 13.2 Å². The average Bonchev–Trinajstić information content (AvgIpc) is 2.90. The number of methoxy groups -OCH3 is 1. The normalized spacial score (nSPS) is 15.9. The van der Waals surface area contributed by atoms with Gasteiger partial charge in [-0.15, -0.1) is 0 Å². The Kier molecular flexibility index (Phi) is 4.88. The van der Waals surface area contributed by atoms with Gasteiger partial charge in [-0.05, 0) is 57.3 Å². The second-order valence-electron chi connectivity index (χ2n) is 4.83. The molecule has 3 heteroatoms. The van der Waals surface area contributed by atoms with Gasteiger partial charge in [-0.25, -0.2) is 0 Å². The third-order valence-corrected chi connectivity index (χ3v) is 3.51. The zero-order chi connectivity index (χ0) is 12.8. The van der Waals surface area contributed by atoms with E-state index in [1.807, 2.05) is 19.2 Å². The first-order valence-corrected chi connectivity index (χ1v) is 6.82. The molecule has 1 fully saturated rings. The zero-order valence-electron chi connectivity index (χ0n) is 11.4. The Morgan fingerprint density at radius 3 is 2.72 bits per heavy atom. The molecule has 0 aromatic heterocycles. The van der Waals surface area contributed by atoms with Crippen molar-refractivity contribution in [1.82, 2.24) is 5.32 Å². The van der Waals surface area contributed by atoms with Gasteiger partial charge in [-0.3, -0.25) is 0 Å². The Bertz CT molecular complexity index is 373. The maximum atomic E-state index is 6.17. The summed E-state index contributed by atoms with van der Waals surface area (Å²) < 4.78 is 11.6. The van der Waals surface area contributed by atoms with Gasteiger partial charge in [0.25, 0.3) is 0 Å². The number of ether oxygens (including phenoxy) is 2. The predicted octanol–water partition coefficient (Wildman–Crippen LogP) is 2.78. The van der Waals surface area contributed by atoms with Crippen LogP contribution in [0.15, 0.2) is 18.2 Å². The molecule has 1 saturated carbocycles. The van der Waals surface area contributed by atoms with Crippen molar-refractivity contribution in [2.75, 3.05) is 20.7 Å². The SMILES string of the molecule is CNCCc1cccc(OC)c1OC1CCCC1. The van der Waals surface area contributed by atoms with Gasteiger partial charge in [0, 0.05) is 0 Å². The molecule has 1 aromatic rings. The molecule has 0 amide bonds. The second kappa shape index (κ2) is 6.64. The molecule has 100 valence electrons. The average molecular weight is 249 g/mol.